The average Bonchev–Trinajstić information content (AvgIpc) is 2.12. The molecule has 66 valence electrons. The Hall–Kier alpha value is -0.490. The van der Waals surface area contributed by atoms with Crippen LogP contribution in [-0.2, 0) is 0 Å². The lowest BCUT2D eigenvalue weighted by molar-refractivity contribution is 1.50. The Balaban J connectivity index is -0.000000138. The van der Waals surface area contributed by atoms with E-state index in [1.54, 1.807) is 12.2 Å². The lowest BCUT2D eigenvalue weighted by Crippen LogP contribution is -1.58. The van der Waals surface area contributed by atoms with Crippen molar-refractivity contribution < 1.29 is 0 Å². The predicted octanol–water partition coefficient (Wildman–Crippen LogP) is 4.19. The molecule has 0 heterocycles. The molecule has 0 aromatic heterocycles. The summed E-state index contributed by atoms with van der Waals surface area (Å²) in [7, 11) is 0. The normalized spacial score (nSPS) is 7.91. The van der Waals surface area contributed by atoms with Crippen molar-refractivity contribution >= 4 is 11.6 Å². The van der Waals surface area contributed by atoms with E-state index in [0.29, 0.717) is 0 Å². The van der Waals surface area contributed by atoms with Gasteiger partial charge in [-0.1, -0.05) is 50.8 Å². The highest BCUT2D eigenvalue weighted by Gasteiger charge is 1.68. The molecule has 0 atom stereocenters. The molecule has 0 bridgehead atoms. The summed E-state index contributed by atoms with van der Waals surface area (Å²) in [4.78, 5) is 0. The molecule has 0 fully saturated rings. The molecule has 0 saturated heterocycles. The van der Waals surface area contributed by atoms with Crippen molar-refractivity contribution in [1.82, 2.24) is 0 Å². The van der Waals surface area contributed by atoms with E-state index >= 15 is 0 Å². The van der Waals surface area contributed by atoms with Crippen molar-refractivity contribution in [2.24, 2.45) is 0 Å². The van der Waals surface area contributed by atoms with Crippen LogP contribution in [0.4, 0.5) is 0 Å². The Morgan fingerprint density at radius 3 is 1.64 bits per heavy atom. The highest BCUT2D eigenvalue weighted by molar-refractivity contribution is 6.15. The maximum atomic E-state index is 4.64. The fraction of sp³-hybridized carbons (Fsp3) is 0.400. The van der Waals surface area contributed by atoms with Gasteiger partial charge in [0.25, 0.3) is 0 Å². The summed E-state index contributed by atoms with van der Waals surface area (Å²) in [5, 5.41) is 0. The minimum absolute atomic E-state index is 1.15. The summed E-state index contributed by atoms with van der Waals surface area (Å²) in [5.74, 6) is 0. The summed E-state index contributed by atoms with van der Waals surface area (Å²) >= 11 is 4.64. The first-order valence-electron chi connectivity index (χ1n) is 3.61. The van der Waals surface area contributed by atoms with Crippen molar-refractivity contribution in [3.05, 3.63) is 37.0 Å². The van der Waals surface area contributed by atoms with Crippen LogP contribution in [0.25, 0.3) is 0 Å². The van der Waals surface area contributed by atoms with Crippen LogP contribution in [0.1, 0.15) is 20.8 Å². The van der Waals surface area contributed by atoms with Crippen molar-refractivity contribution in [2.45, 2.75) is 20.8 Å². The minimum atomic E-state index is 1.15. The van der Waals surface area contributed by atoms with Gasteiger partial charge in [0, 0.05) is 6.38 Å². The number of halogens is 1. The van der Waals surface area contributed by atoms with Gasteiger partial charge in [-0.3, -0.25) is 0 Å². The zero-order chi connectivity index (χ0) is 9.70. The fourth-order valence-corrected chi connectivity index (χ4v) is 0.254. The van der Waals surface area contributed by atoms with Gasteiger partial charge < -0.3 is 0 Å². The van der Waals surface area contributed by atoms with Gasteiger partial charge in [-0.05, 0) is 6.92 Å². The summed E-state index contributed by atoms with van der Waals surface area (Å²) in [6.45, 7) is 13.1. The molecule has 0 aliphatic rings. The third-order valence-corrected chi connectivity index (χ3v) is 0.703. The van der Waals surface area contributed by atoms with Crippen molar-refractivity contribution in [1.29, 1.82) is 0 Å². The van der Waals surface area contributed by atoms with E-state index in [4.69, 9.17) is 0 Å². The van der Waals surface area contributed by atoms with Crippen LogP contribution in [0.15, 0.2) is 37.0 Å². The molecule has 0 rings (SSSR count). The average molecular weight is 175 g/mol. The quantitative estimate of drug-likeness (QED) is 0.435. The predicted molar refractivity (Wildman–Crippen MR) is 57.3 cm³/mol. The molecular formula is C10H19Cl. The summed E-state index contributed by atoms with van der Waals surface area (Å²) in [6.07, 6.45) is 6.92. The van der Waals surface area contributed by atoms with Gasteiger partial charge >= 0.3 is 0 Å². The molecule has 0 aromatic carbocycles. The Morgan fingerprint density at radius 2 is 1.55 bits per heavy atom. The van der Waals surface area contributed by atoms with E-state index in [-0.39, 0.29) is 0 Å². The first-order chi connectivity index (χ1) is 5.31. The van der Waals surface area contributed by atoms with Crippen LogP contribution in [-0.4, -0.2) is 6.38 Å². The topological polar surface area (TPSA) is 0 Å². The van der Waals surface area contributed by atoms with E-state index in [0.717, 1.165) is 5.57 Å². The number of rotatable bonds is 2. The van der Waals surface area contributed by atoms with E-state index < -0.39 is 0 Å². The SMILES string of the molecule is C=C/C=C(/C)C=C.CC.CCl. The minimum Gasteiger partial charge on any atom is -0.130 e. The maximum absolute atomic E-state index is 4.64. The van der Waals surface area contributed by atoms with E-state index in [1.807, 2.05) is 26.8 Å². The van der Waals surface area contributed by atoms with Gasteiger partial charge in [0.2, 0.25) is 0 Å². The van der Waals surface area contributed by atoms with Crippen molar-refractivity contribution in [3.63, 3.8) is 0 Å². The monoisotopic (exact) mass is 174 g/mol. The van der Waals surface area contributed by atoms with Gasteiger partial charge in [-0.25, -0.2) is 0 Å². The van der Waals surface area contributed by atoms with Gasteiger partial charge in [0.15, 0.2) is 0 Å². The molecule has 0 saturated carbocycles. The Morgan fingerprint density at radius 1 is 1.18 bits per heavy atom. The molecule has 0 aromatic rings. The van der Waals surface area contributed by atoms with E-state index in [1.165, 1.54) is 6.38 Å². The second-order valence-corrected chi connectivity index (χ2v) is 1.35. The lowest BCUT2D eigenvalue weighted by atomic mass is 10.3. The molecule has 0 amide bonds. The zero-order valence-electron chi connectivity index (χ0n) is 8.02. The van der Waals surface area contributed by atoms with Gasteiger partial charge in [0.05, 0.1) is 0 Å². The number of alkyl halides is 1. The van der Waals surface area contributed by atoms with Crippen LogP contribution in [0.5, 0.6) is 0 Å². The molecule has 1 heteroatoms. The maximum Gasteiger partial charge on any atom is 0.0108 e. The van der Waals surface area contributed by atoms with Crippen molar-refractivity contribution in [2.75, 3.05) is 6.38 Å². The Kier molecular flexibility index (Phi) is 34.8. The Labute approximate surface area is 76.3 Å². The molecule has 0 radical (unpaired) electrons. The van der Waals surface area contributed by atoms with Gasteiger partial charge in [-0.2, -0.15) is 0 Å². The highest BCUT2D eigenvalue weighted by Crippen LogP contribution is 1.90. The number of hydrogen-bond donors (Lipinski definition) is 0. The smallest absolute Gasteiger partial charge is 0.0108 e. The lowest BCUT2D eigenvalue weighted by Gasteiger charge is -1.80. The molecule has 0 N–H and O–H groups in total. The van der Waals surface area contributed by atoms with Crippen LogP contribution >= 0.6 is 11.6 Å². The second-order valence-electron chi connectivity index (χ2n) is 1.35. The molecule has 0 nitrogen and oxygen atoms in total. The van der Waals surface area contributed by atoms with Crippen LogP contribution in [0.2, 0.25) is 0 Å². The number of hydrogen-bond acceptors (Lipinski definition) is 0. The highest BCUT2D eigenvalue weighted by atomic mass is 35.5. The molecular weight excluding hydrogens is 156 g/mol. The van der Waals surface area contributed by atoms with Gasteiger partial charge in [-0.15, -0.1) is 11.6 Å². The zero-order valence-corrected chi connectivity index (χ0v) is 8.78. The number of allylic oxidation sites excluding steroid dienone is 4. The fourth-order valence-electron chi connectivity index (χ4n) is 0.254. The van der Waals surface area contributed by atoms with Crippen LogP contribution in [0, 0.1) is 0 Å². The van der Waals surface area contributed by atoms with E-state index in [9.17, 15) is 0 Å². The van der Waals surface area contributed by atoms with Crippen molar-refractivity contribution in [3.8, 4) is 0 Å². The third kappa shape index (κ3) is 26.4. The third-order valence-electron chi connectivity index (χ3n) is 0.703. The molecule has 0 aliphatic carbocycles. The second kappa shape index (κ2) is 22.7. The molecule has 11 heavy (non-hydrogen) atoms. The first-order valence-corrected chi connectivity index (χ1v) is 4.36. The largest absolute Gasteiger partial charge is 0.130 e. The standard InChI is InChI=1S/C7H10.C2H6.CH3Cl/c1-4-6-7(3)5-2;2*1-2/h4-6H,1-2H2,3H3;1-2H3;1H3/b7-6-;;. The molecule has 0 spiro atoms. The van der Waals surface area contributed by atoms with E-state index in [2.05, 4.69) is 24.8 Å². The molecule has 0 aliphatic heterocycles. The van der Waals surface area contributed by atoms with Crippen LogP contribution in [0.3, 0.4) is 0 Å². The first kappa shape index (κ1) is 16.9. The Bertz CT molecular complexity index is 101. The summed E-state index contributed by atoms with van der Waals surface area (Å²) < 4.78 is 0. The summed E-state index contributed by atoms with van der Waals surface area (Å²) in [5.41, 5.74) is 1.15. The van der Waals surface area contributed by atoms with Gasteiger partial charge in [0.1, 0.15) is 0 Å². The van der Waals surface area contributed by atoms with Crippen LogP contribution < -0.4 is 0 Å². The summed E-state index contributed by atoms with van der Waals surface area (Å²) in [6, 6.07) is 0. The molecule has 0 unspecified atom stereocenters.